The van der Waals surface area contributed by atoms with E-state index in [0.29, 0.717) is 11.1 Å². The van der Waals surface area contributed by atoms with Crippen LogP contribution in [0.2, 0.25) is 0 Å². The van der Waals surface area contributed by atoms with Gasteiger partial charge in [-0.2, -0.15) is 0 Å². The Morgan fingerprint density at radius 3 is 2.52 bits per heavy atom. The first-order valence-corrected chi connectivity index (χ1v) is 10.4. The van der Waals surface area contributed by atoms with Gasteiger partial charge in [0.05, 0.1) is 5.25 Å². The summed E-state index contributed by atoms with van der Waals surface area (Å²) < 4.78 is 5.73. The van der Waals surface area contributed by atoms with Gasteiger partial charge < -0.3 is 9.32 Å². The fourth-order valence-corrected chi connectivity index (χ4v) is 4.38. The van der Waals surface area contributed by atoms with Gasteiger partial charge in [-0.25, -0.2) is 0 Å². The molecule has 0 amide bonds. The van der Waals surface area contributed by atoms with Crippen LogP contribution in [0.1, 0.15) is 26.3 Å². The van der Waals surface area contributed by atoms with Gasteiger partial charge in [0.25, 0.3) is 5.22 Å². The fourth-order valence-electron chi connectivity index (χ4n) is 3.68. The molecule has 29 heavy (non-hydrogen) atoms. The molecule has 0 spiro atoms. The van der Waals surface area contributed by atoms with Crippen LogP contribution in [0.5, 0.6) is 0 Å². The van der Waals surface area contributed by atoms with Gasteiger partial charge in [0.1, 0.15) is 0 Å². The van der Waals surface area contributed by atoms with Crippen molar-refractivity contribution in [3.63, 3.8) is 0 Å². The van der Waals surface area contributed by atoms with E-state index in [0.717, 1.165) is 16.9 Å². The van der Waals surface area contributed by atoms with E-state index >= 15 is 0 Å². The smallest absolute Gasteiger partial charge is 0.277 e. The van der Waals surface area contributed by atoms with Crippen LogP contribution in [0.25, 0.3) is 11.5 Å². The standard InChI is InChI=1S/C23H23N3O2S/c1-15(29-22-25-24-21(28-22)16-10-6-5-7-11-16)19(27)14-20-23(2,3)17-12-8-9-13-18(17)26(20)4/h5-15H,1-4H3/b20-14-. The van der Waals surface area contributed by atoms with E-state index in [9.17, 15) is 4.79 Å². The average molecular weight is 406 g/mol. The number of para-hydroxylation sites is 1. The first-order chi connectivity index (χ1) is 13.9. The molecule has 6 heteroatoms. The molecule has 0 saturated heterocycles. The number of rotatable bonds is 5. The number of allylic oxidation sites excluding steroid dienone is 2. The van der Waals surface area contributed by atoms with E-state index in [-0.39, 0.29) is 16.4 Å². The number of carbonyl (C=O) groups excluding carboxylic acids is 1. The third kappa shape index (κ3) is 3.60. The quantitative estimate of drug-likeness (QED) is 0.435. The molecule has 0 saturated carbocycles. The van der Waals surface area contributed by atoms with E-state index in [1.165, 1.54) is 17.3 Å². The summed E-state index contributed by atoms with van der Waals surface area (Å²) in [5, 5.41) is 8.24. The number of hydrogen-bond donors (Lipinski definition) is 0. The maximum Gasteiger partial charge on any atom is 0.277 e. The molecule has 2 heterocycles. The Hall–Kier alpha value is -2.86. The second-order valence-corrected chi connectivity index (χ2v) is 8.92. The van der Waals surface area contributed by atoms with Crippen molar-refractivity contribution in [2.24, 2.45) is 0 Å². The summed E-state index contributed by atoms with van der Waals surface area (Å²) in [6.07, 6.45) is 1.76. The molecule has 0 radical (unpaired) electrons. The highest BCUT2D eigenvalue weighted by molar-refractivity contribution is 8.00. The lowest BCUT2D eigenvalue weighted by Gasteiger charge is -2.24. The number of fused-ring (bicyclic) bond motifs is 1. The number of likely N-dealkylation sites (N-methyl/N-ethyl adjacent to an activating group) is 1. The van der Waals surface area contributed by atoms with Crippen molar-refractivity contribution in [1.82, 2.24) is 10.2 Å². The number of hydrogen-bond acceptors (Lipinski definition) is 6. The van der Waals surface area contributed by atoms with Crippen molar-refractivity contribution in [2.45, 2.75) is 36.7 Å². The van der Waals surface area contributed by atoms with Crippen molar-refractivity contribution >= 4 is 23.2 Å². The minimum atomic E-state index is -0.334. The molecule has 1 aliphatic rings. The third-order valence-electron chi connectivity index (χ3n) is 5.32. The Balaban J connectivity index is 1.51. The number of carbonyl (C=O) groups is 1. The largest absolute Gasteiger partial charge is 0.411 e. The third-order valence-corrected chi connectivity index (χ3v) is 6.28. The monoisotopic (exact) mass is 405 g/mol. The number of aromatic nitrogens is 2. The summed E-state index contributed by atoms with van der Waals surface area (Å²) in [5.74, 6) is 0.482. The normalized spacial score (nSPS) is 17.4. The highest BCUT2D eigenvalue weighted by Gasteiger charge is 2.38. The van der Waals surface area contributed by atoms with Gasteiger partial charge in [-0.05, 0) is 30.7 Å². The summed E-state index contributed by atoms with van der Waals surface area (Å²) in [6.45, 7) is 6.17. The average Bonchev–Trinajstić information content (AvgIpc) is 3.26. The van der Waals surface area contributed by atoms with E-state index in [2.05, 4.69) is 41.1 Å². The van der Waals surface area contributed by atoms with Crippen LogP contribution in [0.15, 0.2) is 76.0 Å². The number of thioether (sulfide) groups is 1. The summed E-state index contributed by atoms with van der Waals surface area (Å²) >= 11 is 1.28. The lowest BCUT2D eigenvalue weighted by molar-refractivity contribution is -0.114. The van der Waals surface area contributed by atoms with Gasteiger partial charge >= 0.3 is 0 Å². The first kappa shape index (κ1) is 19.5. The van der Waals surface area contributed by atoms with Gasteiger partial charge in [-0.1, -0.05) is 62.0 Å². The van der Waals surface area contributed by atoms with Crippen molar-refractivity contribution in [1.29, 1.82) is 0 Å². The molecule has 2 aromatic carbocycles. The number of anilines is 1. The first-order valence-electron chi connectivity index (χ1n) is 9.53. The van der Waals surface area contributed by atoms with Gasteiger partial charge in [0.15, 0.2) is 5.78 Å². The van der Waals surface area contributed by atoms with Crippen molar-refractivity contribution in [2.75, 3.05) is 11.9 Å². The lowest BCUT2D eigenvalue weighted by atomic mass is 9.83. The molecule has 4 rings (SSSR count). The molecule has 3 aromatic rings. The Kier molecular flexibility index (Phi) is 5.04. The lowest BCUT2D eigenvalue weighted by Crippen LogP contribution is -2.25. The van der Waals surface area contributed by atoms with E-state index < -0.39 is 0 Å². The van der Waals surface area contributed by atoms with Crippen LogP contribution in [-0.4, -0.2) is 28.3 Å². The van der Waals surface area contributed by atoms with Crippen LogP contribution >= 0.6 is 11.8 Å². The molecule has 0 bridgehead atoms. The minimum absolute atomic E-state index is 0.0252. The summed E-state index contributed by atoms with van der Waals surface area (Å²) in [6, 6.07) is 17.9. The van der Waals surface area contributed by atoms with E-state index in [4.69, 9.17) is 4.42 Å². The molecular weight excluding hydrogens is 382 g/mol. The molecule has 1 aliphatic heterocycles. The zero-order valence-corrected chi connectivity index (χ0v) is 17.7. The highest BCUT2D eigenvalue weighted by atomic mass is 32.2. The predicted molar refractivity (Wildman–Crippen MR) is 116 cm³/mol. The molecule has 1 atom stereocenters. The maximum atomic E-state index is 13.0. The van der Waals surface area contributed by atoms with Gasteiger partial charge in [0.2, 0.25) is 5.89 Å². The molecule has 0 fully saturated rings. The fraction of sp³-hybridized carbons (Fsp3) is 0.261. The predicted octanol–water partition coefficient (Wildman–Crippen LogP) is 5.10. The molecule has 1 aromatic heterocycles. The molecular formula is C23H23N3O2S. The number of benzene rings is 2. The Morgan fingerprint density at radius 2 is 1.79 bits per heavy atom. The zero-order valence-electron chi connectivity index (χ0n) is 16.9. The summed E-state index contributed by atoms with van der Waals surface area (Å²) in [5.41, 5.74) is 4.00. The second-order valence-electron chi connectivity index (χ2n) is 7.63. The molecule has 1 unspecified atom stereocenters. The topological polar surface area (TPSA) is 59.2 Å². The van der Waals surface area contributed by atoms with Crippen molar-refractivity contribution in [3.8, 4) is 11.5 Å². The molecule has 0 aliphatic carbocycles. The molecule has 148 valence electrons. The van der Waals surface area contributed by atoms with E-state index in [1.807, 2.05) is 56.4 Å². The van der Waals surface area contributed by atoms with Gasteiger partial charge in [0, 0.05) is 35.5 Å². The van der Waals surface area contributed by atoms with E-state index in [1.54, 1.807) is 6.08 Å². The summed E-state index contributed by atoms with van der Waals surface area (Å²) in [4.78, 5) is 15.1. The number of nitrogens with zero attached hydrogens (tertiary/aromatic N) is 3. The maximum absolute atomic E-state index is 13.0. The minimum Gasteiger partial charge on any atom is -0.411 e. The van der Waals surface area contributed by atoms with Crippen molar-refractivity contribution in [3.05, 3.63) is 71.9 Å². The van der Waals surface area contributed by atoms with Gasteiger partial charge in [-0.15, -0.1) is 10.2 Å². The van der Waals surface area contributed by atoms with Gasteiger partial charge in [-0.3, -0.25) is 4.79 Å². The SMILES string of the molecule is CC(Sc1nnc(-c2ccccc2)o1)C(=O)/C=C1\N(C)c2ccccc2C1(C)C. The van der Waals surface area contributed by atoms with Crippen LogP contribution in [0.3, 0.4) is 0 Å². The van der Waals surface area contributed by atoms with Crippen LogP contribution in [0.4, 0.5) is 5.69 Å². The highest BCUT2D eigenvalue weighted by Crippen LogP contribution is 2.46. The van der Waals surface area contributed by atoms with Crippen LogP contribution < -0.4 is 4.90 Å². The number of ketones is 1. The molecule has 5 nitrogen and oxygen atoms in total. The van der Waals surface area contributed by atoms with Crippen LogP contribution in [-0.2, 0) is 10.2 Å². The second kappa shape index (κ2) is 7.52. The zero-order chi connectivity index (χ0) is 20.6. The Labute approximate surface area is 174 Å². The van der Waals surface area contributed by atoms with Crippen molar-refractivity contribution < 1.29 is 9.21 Å². The summed E-state index contributed by atoms with van der Waals surface area (Å²) in [7, 11) is 2.01. The Morgan fingerprint density at radius 1 is 1.10 bits per heavy atom. The molecule has 0 N–H and O–H groups in total. The Bertz CT molecular complexity index is 1070. The van der Waals surface area contributed by atoms with Crippen LogP contribution in [0, 0.1) is 0 Å².